The summed E-state index contributed by atoms with van der Waals surface area (Å²) in [5.74, 6) is 1.22. The lowest BCUT2D eigenvalue weighted by atomic mass is 10.2. The SMILES string of the molecule is CCCNC(C)c1csc(N2CCSC(C)C2)n1. The molecule has 3 nitrogen and oxygen atoms in total. The number of nitrogens with zero attached hydrogens (tertiary/aromatic N) is 2. The van der Waals surface area contributed by atoms with Crippen molar-refractivity contribution in [3.8, 4) is 0 Å². The molecule has 1 aromatic rings. The molecule has 18 heavy (non-hydrogen) atoms. The third-order valence-electron chi connectivity index (χ3n) is 3.17. The standard InChI is InChI=1S/C13H23N3S2/c1-4-5-14-11(3)12-9-18-13(15-12)16-6-7-17-10(2)8-16/h9-11,14H,4-8H2,1-3H3. The molecule has 102 valence electrons. The third kappa shape index (κ3) is 3.62. The van der Waals surface area contributed by atoms with Crippen molar-refractivity contribution >= 4 is 28.2 Å². The van der Waals surface area contributed by atoms with Crippen LogP contribution >= 0.6 is 23.1 Å². The highest BCUT2D eigenvalue weighted by atomic mass is 32.2. The van der Waals surface area contributed by atoms with Crippen LogP contribution in [-0.2, 0) is 0 Å². The quantitative estimate of drug-likeness (QED) is 0.899. The fourth-order valence-corrected chi connectivity index (χ4v) is 4.05. The van der Waals surface area contributed by atoms with Crippen LogP contribution in [0.15, 0.2) is 5.38 Å². The lowest BCUT2D eigenvalue weighted by Crippen LogP contribution is -2.36. The number of nitrogens with one attached hydrogen (secondary N) is 1. The molecule has 1 aliphatic rings. The Labute approximate surface area is 118 Å². The van der Waals surface area contributed by atoms with Crippen molar-refractivity contribution in [3.05, 3.63) is 11.1 Å². The molecule has 0 aliphatic carbocycles. The average molecular weight is 285 g/mol. The van der Waals surface area contributed by atoms with Crippen LogP contribution in [0.2, 0.25) is 0 Å². The Morgan fingerprint density at radius 3 is 3.17 bits per heavy atom. The second-order valence-corrected chi connectivity index (χ2v) is 7.24. The normalized spacial score (nSPS) is 22.2. The predicted octanol–water partition coefficient (Wildman–Crippen LogP) is 3.15. The number of hydrogen-bond acceptors (Lipinski definition) is 5. The molecule has 0 saturated carbocycles. The van der Waals surface area contributed by atoms with Crippen LogP contribution in [0.3, 0.4) is 0 Å². The molecule has 0 aromatic carbocycles. The first-order valence-electron chi connectivity index (χ1n) is 6.76. The first kappa shape index (κ1) is 14.2. The van der Waals surface area contributed by atoms with Gasteiger partial charge >= 0.3 is 0 Å². The van der Waals surface area contributed by atoms with Gasteiger partial charge in [0.05, 0.1) is 5.69 Å². The van der Waals surface area contributed by atoms with E-state index < -0.39 is 0 Å². The van der Waals surface area contributed by atoms with E-state index >= 15 is 0 Å². The molecule has 2 atom stereocenters. The van der Waals surface area contributed by atoms with Crippen molar-refractivity contribution < 1.29 is 0 Å². The molecule has 0 amide bonds. The average Bonchev–Trinajstić information content (AvgIpc) is 2.85. The zero-order chi connectivity index (χ0) is 13.0. The van der Waals surface area contributed by atoms with Crippen molar-refractivity contribution in [1.29, 1.82) is 0 Å². The maximum Gasteiger partial charge on any atom is 0.185 e. The summed E-state index contributed by atoms with van der Waals surface area (Å²) >= 11 is 3.85. The first-order valence-corrected chi connectivity index (χ1v) is 8.69. The van der Waals surface area contributed by atoms with Gasteiger partial charge in [0.15, 0.2) is 5.13 Å². The molecule has 5 heteroatoms. The van der Waals surface area contributed by atoms with Gasteiger partial charge in [-0.3, -0.25) is 0 Å². The zero-order valence-electron chi connectivity index (χ0n) is 11.5. The van der Waals surface area contributed by atoms with Crippen molar-refractivity contribution in [2.75, 3.05) is 30.3 Å². The lowest BCUT2D eigenvalue weighted by molar-refractivity contribution is 0.560. The molecule has 1 N–H and O–H groups in total. The summed E-state index contributed by atoms with van der Waals surface area (Å²) in [5.41, 5.74) is 1.19. The summed E-state index contributed by atoms with van der Waals surface area (Å²) in [6.07, 6.45) is 1.17. The highest BCUT2D eigenvalue weighted by molar-refractivity contribution is 8.00. The zero-order valence-corrected chi connectivity index (χ0v) is 13.1. The van der Waals surface area contributed by atoms with E-state index in [0.29, 0.717) is 6.04 Å². The number of rotatable bonds is 5. The predicted molar refractivity (Wildman–Crippen MR) is 83.0 cm³/mol. The number of hydrogen-bond donors (Lipinski definition) is 1. The topological polar surface area (TPSA) is 28.2 Å². The fraction of sp³-hybridized carbons (Fsp3) is 0.769. The van der Waals surface area contributed by atoms with Gasteiger partial charge in [-0.2, -0.15) is 11.8 Å². The van der Waals surface area contributed by atoms with E-state index in [4.69, 9.17) is 4.98 Å². The molecule has 2 unspecified atom stereocenters. The molecular weight excluding hydrogens is 262 g/mol. The summed E-state index contributed by atoms with van der Waals surface area (Å²) in [6.45, 7) is 10.0. The molecule has 1 fully saturated rings. The molecule has 0 spiro atoms. The second-order valence-electron chi connectivity index (χ2n) is 4.86. The van der Waals surface area contributed by atoms with Crippen LogP contribution in [0.5, 0.6) is 0 Å². The van der Waals surface area contributed by atoms with E-state index in [1.165, 1.54) is 23.0 Å². The molecule has 1 saturated heterocycles. The van der Waals surface area contributed by atoms with Crippen LogP contribution in [0.25, 0.3) is 0 Å². The van der Waals surface area contributed by atoms with Gasteiger partial charge in [0, 0.05) is 35.5 Å². The maximum atomic E-state index is 4.79. The van der Waals surface area contributed by atoms with Gasteiger partial charge in [-0.25, -0.2) is 4.98 Å². The van der Waals surface area contributed by atoms with E-state index in [9.17, 15) is 0 Å². The molecule has 1 aliphatic heterocycles. The third-order valence-corrected chi connectivity index (χ3v) is 5.22. The second kappa shape index (κ2) is 6.78. The van der Waals surface area contributed by atoms with E-state index in [2.05, 4.69) is 48.1 Å². The number of thioether (sulfide) groups is 1. The largest absolute Gasteiger partial charge is 0.346 e. The highest BCUT2D eigenvalue weighted by Gasteiger charge is 2.20. The summed E-state index contributed by atoms with van der Waals surface area (Å²) in [7, 11) is 0. The smallest absolute Gasteiger partial charge is 0.185 e. The Hall–Kier alpha value is -0.260. The van der Waals surface area contributed by atoms with Crippen LogP contribution in [0, 0.1) is 0 Å². The maximum absolute atomic E-state index is 4.79. The van der Waals surface area contributed by atoms with Crippen molar-refractivity contribution in [1.82, 2.24) is 10.3 Å². The Kier molecular flexibility index (Phi) is 5.33. The monoisotopic (exact) mass is 285 g/mol. The summed E-state index contributed by atoms with van der Waals surface area (Å²) in [4.78, 5) is 7.23. The van der Waals surface area contributed by atoms with Gasteiger partial charge in [0.2, 0.25) is 0 Å². The van der Waals surface area contributed by atoms with Crippen molar-refractivity contribution in [2.45, 2.75) is 38.5 Å². The summed E-state index contributed by atoms with van der Waals surface area (Å²) in [6, 6.07) is 0.367. The van der Waals surface area contributed by atoms with Crippen molar-refractivity contribution in [3.63, 3.8) is 0 Å². The van der Waals surface area contributed by atoms with Gasteiger partial charge in [-0.15, -0.1) is 11.3 Å². The fourth-order valence-electron chi connectivity index (χ4n) is 2.08. The van der Waals surface area contributed by atoms with Crippen LogP contribution in [0.1, 0.15) is 38.9 Å². The van der Waals surface area contributed by atoms with Gasteiger partial charge in [-0.05, 0) is 19.9 Å². The number of aromatic nitrogens is 1. The van der Waals surface area contributed by atoms with E-state index in [1.807, 2.05) is 0 Å². The minimum absolute atomic E-state index is 0.367. The highest BCUT2D eigenvalue weighted by Crippen LogP contribution is 2.28. The Morgan fingerprint density at radius 1 is 1.61 bits per heavy atom. The Bertz CT molecular complexity index is 367. The van der Waals surface area contributed by atoms with E-state index in [-0.39, 0.29) is 0 Å². The van der Waals surface area contributed by atoms with Crippen molar-refractivity contribution in [2.24, 2.45) is 0 Å². The van der Waals surface area contributed by atoms with Gasteiger partial charge < -0.3 is 10.2 Å². The summed E-state index contributed by atoms with van der Waals surface area (Å²) < 4.78 is 0. The van der Waals surface area contributed by atoms with Crippen LogP contribution < -0.4 is 10.2 Å². The van der Waals surface area contributed by atoms with Gasteiger partial charge in [-0.1, -0.05) is 13.8 Å². The Balaban J connectivity index is 1.96. The number of anilines is 1. The van der Waals surface area contributed by atoms with Crippen LogP contribution in [-0.4, -0.2) is 35.6 Å². The molecular formula is C13H23N3S2. The lowest BCUT2D eigenvalue weighted by Gasteiger charge is -2.30. The molecule has 2 rings (SSSR count). The molecule has 0 radical (unpaired) electrons. The minimum Gasteiger partial charge on any atom is -0.346 e. The van der Waals surface area contributed by atoms with E-state index in [0.717, 1.165) is 24.9 Å². The first-order chi connectivity index (χ1) is 8.70. The van der Waals surface area contributed by atoms with Gasteiger partial charge in [0.1, 0.15) is 0 Å². The van der Waals surface area contributed by atoms with Crippen LogP contribution in [0.4, 0.5) is 5.13 Å². The summed E-state index contributed by atoms with van der Waals surface area (Å²) in [5, 5.41) is 7.62. The molecule has 1 aromatic heterocycles. The molecule has 0 bridgehead atoms. The minimum atomic E-state index is 0.367. The van der Waals surface area contributed by atoms with E-state index in [1.54, 1.807) is 11.3 Å². The molecule has 2 heterocycles. The number of thiazole rings is 1. The Morgan fingerprint density at radius 2 is 2.44 bits per heavy atom. The van der Waals surface area contributed by atoms with Gasteiger partial charge in [0.25, 0.3) is 0 Å².